The third kappa shape index (κ3) is 3.80. The van der Waals surface area contributed by atoms with Gasteiger partial charge in [0.2, 0.25) is 0 Å². The largest absolute Gasteiger partial charge is 0.507 e. The molecule has 0 unspecified atom stereocenters. The molecule has 1 aromatic heterocycles. The summed E-state index contributed by atoms with van der Waals surface area (Å²) >= 11 is 1.35. The summed E-state index contributed by atoms with van der Waals surface area (Å²) in [4.78, 5) is 33.2. The van der Waals surface area contributed by atoms with Crippen LogP contribution in [0.4, 0.5) is 5.13 Å². The average molecular weight is 449 g/mol. The number of ketones is 1. The Bertz CT molecular complexity index is 1190. The summed E-state index contributed by atoms with van der Waals surface area (Å²) in [7, 11) is 0. The maximum atomic E-state index is 13.2. The van der Waals surface area contributed by atoms with Crippen molar-refractivity contribution in [3.63, 3.8) is 0 Å². The highest BCUT2D eigenvalue weighted by Gasteiger charge is 2.48. The number of aliphatic hydroxyl groups excluding tert-OH is 1. The van der Waals surface area contributed by atoms with Crippen molar-refractivity contribution in [3.05, 3.63) is 81.4 Å². The lowest BCUT2D eigenvalue weighted by Crippen LogP contribution is -2.29. The van der Waals surface area contributed by atoms with E-state index in [9.17, 15) is 14.7 Å². The Hall–Kier alpha value is -3.45. The van der Waals surface area contributed by atoms with Crippen LogP contribution in [-0.4, -0.2) is 28.4 Å². The van der Waals surface area contributed by atoms with Gasteiger partial charge in [-0.15, -0.1) is 11.3 Å². The number of hydrogen-bond donors (Lipinski definition) is 1. The topological polar surface area (TPSA) is 79.7 Å². The molecule has 32 heavy (non-hydrogen) atoms. The Morgan fingerprint density at radius 3 is 2.28 bits per heavy atom. The molecule has 0 radical (unpaired) electrons. The summed E-state index contributed by atoms with van der Waals surface area (Å²) in [6, 6.07) is 13.6. The number of carbonyl (C=O) groups is 2. The average Bonchev–Trinajstić information content (AvgIpc) is 3.24. The highest BCUT2D eigenvalue weighted by Crippen LogP contribution is 2.44. The first-order valence-electron chi connectivity index (χ1n) is 10.4. The van der Waals surface area contributed by atoms with Gasteiger partial charge in [0.25, 0.3) is 5.78 Å². The molecule has 2 heterocycles. The van der Waals surface area contributed by atoms with E-state index in [0.717, 1.165) is 16.1 Å². The first-order chi connectivity index (χ1) is 15.3. The number of benzene rings is 2. The lowest BCUT2D eigenvalue weighted by atomic mass is 9.95. The minimum absolute atomic E-state index is 0.0496. The Balaban J connectivity index is 1.90. The fraction of sp³-hybridized carbons (Fsp3) is 0.240. The lowest BCUT2D eigenvalue weighted by Gasteiger charge is -2.23. The fourth-order valence-electron chi connectivity index (χ4n) is 3.68. The molecule has 1 fully saturated rings. The third-order valence-corrected chi connectivity index (χ3v) is 6.57. The van der Waals surface area contributed by atoms with Crippen molar-refractivity contribution in [2.24, 2.45) is 0 Å². The number of Topliss-reactive ketones (excluding diaryl/α,β-unsaturated/α-hetero) is 1. The molecule has 1 N–H and O–H groups in total. The Morgan fingerprint density at radius 1 is 1.06 bits per heavy atom. The second-order valence-electron chi connectivity index (χ2n) is 7.68. The van der Waals surface area contributed by atoms with Gasteiger partial charge in [0.15, 0.2) is 5.13 Å². The van der Waals surface area contributed by atoms with Gasteiger partial charge in [0.1, 0.15) is 11.5 Å². The molecule has 1 aliphatic rings. The Kier molecular flexibility index (Phi) is 5.84. The number of thiazole rings is 1. The molecular weight excluding hydrogens is 424 g/mol. The molecule has 1 aliphatic heterocycles. The molecule has 4 rings (SSSR count). The fourth-order valence-corrected chi connectivity index (χ4v) is 4.62. The van der Waals surface area contributed by atoms with Crippen LogP contribution in [0.3, 0.4) is 0 Å². The van der Waals surface area contributed by atoms with Crippen LogP contribution in [0.5, 0.6) is 5.75 Å². The van der Waals surface area contributed by atoms with Crippen LogP contribution in [0, 0.1) is 20.8 Å². The minimum Gasteiger partial charge on any atom is -0.507 e. The van der Waals surface area contributed by atoms with Gasteiger partial charge in [-0.05, 0) is 45.4 Å². The maximum absolute atomic E-state index is 13.2. The van der Waals surface area contributed by atoms with Crippen molar-refractivity contribution in [2.45, 2.75) is 33.7 Å². The summed E-state index contributed by atoms with van der Waals surface area (Å²) in [6.07, 6.45) is 0. The number of hydrogen-bond acceptors (Lipinski definition) is 6. The van der Waals surface area contributed by atoms with Gasteiger partial charge in [-0.25, -0.2) is 4.98 Å². The van der Waals surface area contributed by atoms with Gasteiger partial charge in [0.05, 0.1) is 23.9 Å². The smallest absolute Gasteiger partial charge is 0.301 e. The highest BCUT2D eigenvalue weighted by molar-refractivity contribution is 7.16. The summed E-state index contributed by atoms with van der Waals surface area (Å²) in [5.74, 6) is -0.943. The van der Waals surface area contributed by atoms with Gasteiger partial charge >= 0.3 is 5.91 Å². The van der Waals surface area contributed by atoms with Gasteiger partial charge in [0, 0.05) is 10.4 Å². The van der Waals surface area contributed by atoms with E-state index in [1.54, 1.807) is 24.3 Å². The number of aromatic nitrogens is 1. The number of anilines is 1. The van der Waals surface area contributed by atoms with Crippen molar-refractivity contribution in [2.75, 3.05) is 11.5 Å². The van der Waals surface area contributed by atoms with Crippen LogP contribution in [0.25, 0.3) is 5.76 Å². The Morgan fingerprint density at radius 2 is 1.72 bits per heavy atom. The third-order valence-electron chi connectivity index (χ3n) is 5.50. The number of aliphatic hydroxyl groups is 1. The maximum Gasteiger partial charge on any atom is 0.301 e. The predicted octanol–water partition coefficient (Wildman–Crippen LogP) is 5.09. The minimum atomic E-state index is -0.795. The molecule has 3 aromatic rings. The normalized spacial score (nSPS) is 17.8. The molecule has 164 valence electrons. The number of rotatable bonds is 5. The first kappa shape index (κ1) is 21.8. The van der Waals surface area contributed by atoms with E-state index in [4.69, 9.17) is 4.74 Å². The quantitative estimate of drug-likeness (QED) is 0.334. The van der Waals surface area contributed by atoms with Crippen LogP contribution >= 0.6 is 11.3 Å². The molecule has 6 nitrogen and oxygen atoms in total. The zero-order valence-electron chi connectivity index (χ0n) is 18.4. The van der Waals surface area contributed by atoms with Crippen molar-refractivity contribution in [1.82, 2.24) is 4.98 Å². The van der Waals surface area contributed by atoms with Crippen LogP contribution in [0.2, 0.25) is 0 Å². The van der Waals surface area contributed by atoms with E-state index in [0.29, 0.717) is 28.6 Å². The molecule has 0 aliphatic carbocycles. The van der Waals surface area contributed by atoms with Crippen LogP contribution < -0.4 is 9.64 Å². The number of ether oxygens (including phenoxy) is 1. The molecule has 0 spiro atoms. The highest BCUT2D eigenvalue weighted by atomic mass is 32.1. The van der Waals surface area contributed by atoms with E-state index in [-0.39, 0.29) is 11.3 Å². The van der Waals surface area contributed by atoms with Crippen LogP contribution in [-0.2, 0) is 9.59 Å². The van der Waals surface area contributed by atoms with Crippen LogP contribution in [0.1, 0.15) is 40.2 Å². The summed E-state index contributed by atoms with van der Waals surface area (Å²) in [5.41, 5.74) is 3.05. The van der Waals surface area contributed by atoms with Crippen LogP contribution in [0.15, 0.2) is 54.1 Å². The van der Waals surface area contributed by atoms with E-state index >= 15 is 0 Å². The number of amides is 1. The van der Waals surface area contributed by atoms with Gasteiger partial charge in [-0.1, -0.05) is 42.0 Å². The predicted molar refractivity (Wildman–Crippen MR) is 125 cm³/mol. The van der Waals surface area contributed by atoms with Gasteiger partial charge in [-0.3, -0.25) is 14.5 Å². The Labute approximate surface area is 190 Å². The molecule has 1 amide bonds. The molecule has 1 atom stereocenters. The second kappa shape index (κ2) is 8.59. The van der Waals surface area contributed by atoms with Crippen molar-refractivity contribution < 1.29 is 19.4 Å². The summed E-state index contributed by atoms with van der Waals surface area (Å²) in [5, 5.41) is 11.6. The standard InChI is InChI=1S/C25H24N2O4S/c1-5-31-19-12-10-17(11-13-19)21-20(22(28)18-8-6-14(2)7-9-18)23(29)24(30)27(21)25-26-15(3)16(4)32-25/h6-13,21,28H,5H2,1-4H3/t21-/m0/s1. The molecule has 7 heteroatoms. The summed E-state index contributed by atoms with van der Waals surface area (Å²) in [6.45, 7) is 8.16. The summed E-state index contributed by atoms with van der Waals surface area (Å²) < 4.78 is 5.53. The van der Waals surface area contributed by atoms with Crippen molar-refractivity contribution >= 4 is 33.9 Å². The molecule has 2 aromatic carbocycles. The monoisotopic (exact) mass is 448 g/mol. The van der Waals surface area contributed by atoms with E-state index in [2.05, 4.69) is 4.98 Å². The number of nitrogens with zero attached hydrogens (tertiary/aromatic N) is 2. The zero-order valence-corrected chi connectivity index (χ0v) is 19.2. The van der Waals surface area contributed by atoms with Crippen molar-refractivity contribution in [1.29, 1.82) is 0 Å². The SMILES string of the molecule is CCOc1ccc([C@H]2C(=C(O)c3ccc(C)cc3)C(=O)C(=O)N2c2nc(C)c(C)s2)cc1. The van der Waals surface area contributed by atoms with Gasteiger partial charge in [-0.2, -0.15) is 0 Å². The van der Waals surface area contributed by atoms with Crippen molar-refractivity contribution in [3.8, 4) is 5.75 Å². The molecule has 1 saturated heterocycles. The lowest BCUT2D eigenvalue weighted by molar-refractivity contribution is -0.132. The zero-order chi connectivity index (χ0) is 23.0. The second-order valence-corrected chi connectivity index (χ2v) is 8.86. The molecule has 0 bridgehead atoms. The van der Waals surface area contributed by atoms with E-state index in [1.165, 1.54) is 16.2 Å². The number of carbonyl (C=O) groups excluding carboxylic acids is 2. The molecule has 0 saturated carbocycles. The first-order valence-corrected chi connectivity index (χ1v) is 11.2. The number of aryl methyl sites for hydroxylation is 3. The molecular formula is C25H24N2O4S. The van der Waals surface area contributed by atoms with Gasteiger partial charge < -0.3 is 9.84 Å². The van der Waals surface area contributed by atoms with E-state index < -0.39 is 17.7 Å². The van der Waals surface area contributed by atoms with E-state index in [1.807, 2.05) is 52.0 Å².